The molecule has 7 heteroatoms. The molecule has 5 nitrogen and oxygen atoms in total. The monoisotopic (exact) mass is 429 g/mol. The highest BCUT2D eigenvalue weighted by atomic mass is 35.5. The fourth-order valence-corrected chi connectivity index (χ4v) is 5.49. The molecule has 0 aliphatic heterocycles. The summed E-state index contributed by atoms with van der Waals surface area (Å²) in [4.78, 5) is 26.3. The van der Waals surface area contributed by atoms with E-state index in [2.05, 4.69) is 5.32 Å². The van der Waals surface area contributed by atoms with Crippen LogP contribution < -0.4 is 11.0 Å². The van der Waals surface area contributed by atoms with Crippen molar-refractivity contribution in [3.05, 3.63) is 57.5 Å². The van der Waals surface area contributed by atoms with E-state index >= 15 is 0 Å². The molecule has 1 aliphatic carbocycles. The van der Waals surface area contributed by atoms with Gasteiger partial charge in [-0.1, -0.05) is 43.0 Å². The van der Waals surface area contributed by atoms with Gasteiger partial charge >= 0.3 is 5.69 Å². The Hall–Kier alpha value is -2.18. The van der Waals surface area contributed by atoms with Gasteiger partial charge in [0.25, 0.3) is 5.91 Å². The first kappa shape index (κ1) is 20.1. The number of nitrogens with zero attached hydrogens (tertiary/aromatic N) is 2. The Morgan fingerprint density at radius 1 is 1.07 bits per heavy atom. The third kappa shape index (κ3) is 3.96. The molecule has 29 heavy (non-hydrogen) atoms. The maximum Gasteiger partial charge on any atom is 0.328 e. The number of anilines is 1. The zero-order valence-corrected chi connectivity index (χ0v) is 18.1. The number of thioether (sulfide) groups is 1. The lowest BCUT2D eigenvalue weighted by Crippen LogP contribution is -2.19. The fourth-order valence-electron chi connectivity index (χ4n) is 3.92. The van der Waals surface area contributed by atoms with Crippen molar-refractivity contribution >= 4 is 46.0 Å². The Balaban J connectivity index is 1.76. The molecule has 1 fully saturated rings. The largest absolute Gasteiger partial charge is 0.328 e. The minimum Gasteiger partial charge on any atom is -0.321 e. The van der Waals surface area contributed by atoms with E-state index in [9.17, 15) is 9.59 Å². The van der Waals surface area contributed by atoms with Crippen LogP contribution in [0.4, 0.5) is 5.69 Å². The van der Waals surface area contributed by atoms with Crippen LogP contribution in [0.5, 0.6) is 0 Å². The summed E-state index contributed by atoms with van der Waals surface area (Å²) in [5.41, 5.74) is 2.73. The van der Waals surface area contributed by atoms with Crippen molar-refractivity contribution in [1.29, 1.82) is 0 Å². The van der Waals surface area contributed by atoms with Crippen molar-refractivity contribution in [2.45, 2.75) is 42.2 Å². The molecule has 1 aliphatic rings. The highest BCUT2D eigenvalue weighted by Gasteiger charge is 2.20. The summed E-state index contributed by atoms with van der Waals surface area (Å²) in [6.07, 6.45) is 6.12. The van der Waals surface area contributed by atoms with Crippen molar-refractivity contribution in [3.8, 4) is 0 Å². The summed E-state index contributed by atoms with van der Waals surface area (Å²) < 4.78 is 3.26. The first-order valence-corrected chi connectivity index (χ1v) is 11.1. The second-order valence-electron chi connectivity index (χ2n) is 7.55. The summed E-state index contributed by atoms with van der Waals surface area (Å²) in [6.45, 7) is 0. The van der Waals surface area contributed by atoms with Gasteiger partial charge in [-0.3, -0.25) is 13.9 Å². The number of fused-ring (bicyclic) bond motifs is 1. The standard InChI is InChI=1S/C22H24ClN3O2S/c1-25-18-12-17(24-21(27)15-10-6-7-11-16(15)23)20(13-19(18)26(2)22(25)28)29-14-8-4-3-5-9-14/h6-7,10-14H,3-5,8-9H2,1-2H3,(H,24,27). The van der Waals surface area contributed by atoms with Gasteiger partial charge in [0.2, 0.25) is 0 Å². The second kappa shape index (κ2) is 8.28. The van der Waals surface area contributed by atoms with E-state index in [1.165, 1.54) is 32.1 Å². The SMILES string of the molecule is Cn1c(=O)n(C)c2cc(SC3CCCCC3)c(NC(=O)c3ccccc3Cl)cc21. The Morgan fingerprint density at radius 3 is 2.41 bits per heavy atom. The third-order valence-electron chi connectivity index (χ3n) is 5.59. The van der Waals surface area contributed by atoms with Crippen LogP contribution in [-0.2, 0) is 14.1 Å². The minimum atomic E-state index is -0.249. The molecule has 0 spiro atoms. The smallest absolute Gasteiger partial charge is 0.321 e. The lowest BCUT2D eigenvalue weighted by Gasteiger charge is -2.22. The van der Waals surface area contributed by atoms with Gasteiger partial charge in [-0.05, 0) is 37.1 Å². The number of carbonyl (C=O) groups excluding carboxylic acids is 1. The fraction of sp³-hybridized carbons (Fsp3) is 0.364. The number of carbonyl (C=O) groups is 1. The number of hydrogen-bond acceptors (Lipinski definition) is 3. The van der Waals surface area contributed by atoms with Crippen LogP contribution in [0.2, 0.25) is 5.02 Å². The van der Waals surface area contributed by atoms with Crippen molar-refractivity contribution < 1.29 is 4.79 Å². The van der Waals surface area contributed by atoms with Crippen molar-refractivity contribution in [2.24, 2.45) is 14.1 Å². The number of halogens is 1. The van der Waals surface area contributed by atoms with E-state index in [-0.39, 0.29) is 11.6 Å². The molecule has 0 saturated heterocycles. The molecule has 4 rings (SSSR count). The van der Waals surface area contributed by atoms with Crippen molar-refractivity contribution in [3.63, 3.8) is 0 Å². The predicted molar refractivity (Wildman–Crippen MR) is 120 cm³/mol. The van der Waals surface area contributed by atoms with Gasteiger partial charge < -0.3 is 5.32 Å². The number of imidazole rings is 1. The van der Waals surface area contributed by atoms with E-state index in [0.29, 0.717) is 15.8 Å². The van der Waals surface area contributed by atoms with Gasteiger partial charge in [-0.25, -0.2) is 4.79 Å². The van der Waals surface area contributed by atoms with Crippen LogP contribution in [0.15, 0.2) is 46.1 Å². The second-order valence-corrected chi connectivity index (χ2v) is 9.30. The number of aryl methyl sites for hydroxylation is 2. The topological polar surface area (TPSA) is 56.0 Å². The Bertz CT molecular complexity index is 1130. The lowest BCUT2D eigenvalue weighted by molar-refractivity contribution is 0.102. The van der Waals surface area contributed by atoms with E-state index < -0.39 is 0 Å². The van der Waals surface area contributed by atoms with Gasteiger partial charge in [0, 0.05) is 24.2 Å². The van der Waals surface area contributed by atoms with E-state index in [1.807, 2.05) is 12.1 Å². The van der Waals surface area contributed by atoms with E-state index in [1.54, 1.807) is 59.3 Å². The number of aromatic nitrogens is 2. The average molecular weight is 430 g/mol. The summed E-state index contributed by atoms with van der Waals surface area (Å²) in [7, 11) is 3.53. The Labute approximate surface area is 179 Å². The molecule has 0 unspecified atom stereocenters. The van der Waals surface area contributed by atoms with Crippen LogP contribution in [-0.4, -0.2) is 20.3 Å². The molecule has 0 radical (unpaired) electrons. The van der Waals surface area contributed by atoms with Crippen molar-refractivity contribution in [2.75, 3.05) is 5.32 Å². The molecule has 1 N–H and O–H groups in total. The summed E-state index contributed by atoms with van der Waals surface area (Å²) >= 11 is 8.01. The molecule has 1 heterocycles. The number of amides is 1. The molecule has 1 aromatic heterocycles. The quantitative estimate of drug-likeness (QED) is 0.619. The van der Waals surface area contributed by atoms with Gasteiger partial charge in [0.05, 0.1) is 27.3 Å². The lowest BCUT2D eigenvalue weighted by atomic mass is 10.0. The van der Waals surface area contributed by atoms with Gasteiger partial charge in [0.1, 0.15) is 0 Å². The Kier molecular flexibility index (Phi) is 5.74. The highest BCUT2D eigenvalue weighted by Crippen LogP contribution is 2.39. The zero-order chi connectivity index (χ0) is 20.5. The third-order valence-corrected chi connectivity index (χ3v) is 7.31. The van der Waals surface area contributed by atoms with Crippen LogP contribution in [0.1, 0.15) is 42.5 Å². The van der Waals surface area contributed by atoms with Crippen LogP contribution >= 0.6 is 23.4 Å². The number of hydrogen-bond donors (Lipinski definition) is 1. The maximum absolute atomic E-state index is 12.9. The van der Waals surface area contributed by atoms with E-state index in [0.717, 1.165) is 21.6 Å². The van der Waals surface area contributed by atoms with Crippen LogP contribution in [0.3, 0.4) is 0 Å². The molecular formula is C22H24ClN3O2S. The summed E-state index contributed by atoms with van der Waals surface area (Å²) in [5.74, 6) is -0.249. The molecule has 2 aromatic carbocycles. The number of benzene rings is 2. The average Bonchev–Trinajstić information content (AvgIpc) is 2.93. The number of nitrogens with one attached hydrogen (secondary N) is 1. The zero-order valence-electron chi connectivity index (χ0n) is 16.6. The van der Waals surface area contributed by atoms with E-state index in [4.69, 9.17) is 11.6 Å². The van der Waals surface area contributed by atoms with Gasteiger partial charge in [0.15, 0.2) is 0 Å². The molecular weight excluding hydrogens is 406 g/mol. The number of rotatable bonds is 4. The normalized spacial score (nSPS) is 15.0. The predicted octanol–water partition coefficient (Wildman–Crippen LogP) is 5.21. The minimum absolute atomic E-state index is 0.0804. The molecule has 0 atom stereocenters. The summed E-state index contributed by atoms with van der Waals surface area (Å²) in [5, 5.41) is 3.98. The van der Waals surface area contributed by atoms with Gasteiger partial charge in [-0.2, -0.15) is 0 Å². The first-order valence-electron chi connectivity index (χ1n) is 9.87. The van der Waals surface area contributed by atoms with Crippen LogP contribution in [0, 0.1) is 0 Å². The van der Waals surface area contributed by atoms with Crippen molar-refractivity contribution in [1.82, 2.24) is 9.13 Å². The van der Waals surface area contributed by atoms with Crippen LogP contribution in [0.25, 0.3) is 11.0 Å². The molecule has 1 amide bonds. The Morgan fingerprint density at radius 2 is 1.72 bits per heavy atom. The molecule has 152 valence electrons. The first-order chi connectivity index (χ1) is 14.0. The summed E-state index contributed by atoms with van der Waals surface area (Å²) in [6, 6.07) is 10.9. The maximum atomic E-state index is 12.9. The van der Waals surface area contributed by atoms with Gasteiger partial charge in [-0.15, -0.1) is 11.8 Å². The molecule has 3 aromatic rings. The highest BCUT2D eigenvalue weighted by molar-refractivity contribution is 8.00. The molecule has 1 saturated carbocycles. The molecule has 0 bridgehead atoms.